The maximum atomic E-state index is 14.4. The largest absolute Gasteiger partial charge is 0.493 e. The highest BCUT2D eigenvalue weighted by Gasteiger charge is 2.61. The van der Waals surface area contributed by atoms with E-state index in [0.29, 0.717) is 11.3 Å². The Morgan fingerprint density at radius 1 is 0.852 bits per heavy atom. The molecule has 4 amide bonds. The third kappa shape index (κ3) is 8.49. The van der Waals surface area contributed by atoms with Crippen molar-refractivity contribution in [3.8, 4) is 5.75 Å². The molecule has 0 spiro atoms. The summed E-state index contributed by atoms with van der Waals surface area (Å²) in [5.74, 6) is -4.11. The summed E-state index contributed by atoms with van der Waals surface area (Å²) in [7, 11) is 0. The van der Waals surface area contributed by atoms with E-state index >= 15 is 0 Å². The van der Waals surface area contributed by atoms with Crippen LogP contribution in [-0.4, -0.2) is 57.4 Å². The number of nitrogens with one attached hydrogen (secondary N) is 2. The van der Waals surface area contributed by atoms with Gasteiger partial charge in [-0.2, -0.15) is 0 Å². The fourth-order valence-electron chi connectivity index (χ4n) is 6.02. The fraction of sp³-hybridized carbons (Fsp3) is 0.439. The molecule has 3 aromatic rings. The highest BCUT2D eigenvalue weighted by Crippen LogP contribution is 2.40. The van der Waals surface area contributed by atoms with Crippen molar-refractivity contribution in [1.82, 2.24) is 10.2 Å². The standard InChI is InChI=1S/C41H49ClN4O8/c1-9-38(3,4)26-18-21-32(31(23-26)39(5,6)10-2)54-22-14-17-33(47)43-25-40(7,8)36(50)41(42,37(51)44-27-15-12-11-13-16-27)45-34(48)29-20-19-28(46(52)53)24-30(29)35(45)49/h11-13,15-16,18-21,23-24H,9-10,14,17,22,25H2,1-8H3,(H,43,47)(H,44,51). The van der Waals surface area contributed by atoms with E-state index in [2.05, 4.69) is 64.3 Å². The molecule has 0 aliphatic carbocycles. The number of Topliss-reactive ketones (excluding diaryl/α,β-unsaturated/α-hetero) is 1. The average molecular weight is 761 g/mol. The van der Waals surface area contributed by atoms with E-state index < -0.39 is 50.4 Å². The topological polar surface area (TPSA) is 165 Å². The number of carbonyl (C=O) groups excluding carboxylic acids is 5. The third-order valence-corrected chi connectivity index (χ3v) is 10.9. The Morgan fingerprint density at radius 2 is 1.48 bits per heavy atom. The number of nitrogens with zero attached hydrogens (tertiary/aromatic N) is 2. The van der Waals surface area contributed by atoms with Crippen molar-refractivity contribution in [1.29, 1.82) is 0 Å². The number of imide groups is 1. The molecule has 1 heterocycles. The number of alkyl halides is 1. The van der Waals surface area contributed by atoms with Crippen LogP contribution in [0.15, 0.2) is 66.7 Å². The number of nitro groups is 1. The summed E-state index contributed by atoms with van der Waals surface area (Å²) in [5.41, 5.74) is -0.261. The van der Waals surface area contributed by atoms with E-state index in [1.54, 1.807) is 18.2 Å². The van der Waals surface area contributed by atoms with Crippen LogP contribution in [0.4, 0.5) is 11.4 Å². The van der Waals surface area contributed by atoms with Gasteiger partial charge in [-0.3, -0.25) is 34.1 Å². The molecule has 0 saturated carbocycles. The minimum Gasteiger partial charge on any atom is -0.493 e. The molecule has 0 saturated heterocycles. The number of amides is 4. The van der Waals surface area contributed by atoms with Gasteiger partial charge in [-0.1, -0.05) is 97.3 Å². The lowest BCUT2D eigenvalue weighted by molar-refractivity contribution is -0.384. The summed E-state index contributed by atoms with van der Waals surface area (Å²) in [6.45, 7) is 15.9. The molecule has 1 unspecified atom stereocenters. The summed E-state index contributed by atoms with van der Waals surface area (Å²) in [6.07, 6.45) is 2.33. The minimum absolute atomic E-state index is 0.00682. The highest BCUT2D eigenvalue weighted by molar-refractivity contribution is 6.51. The Morgan fingerprint density at radius 3 is 2.09 bits per heavy atom. The molecule has 13 heteroatoms. The normalized spacial score (nSPS) is 14.3. The number of benzene rings is 3. The Hall–Kier alpha value is -5.10. The molecule has 12 nitrogen and oxygen atoms in total. The summed E-state index contributed by atoms with van der Waals surface area (Å²) in [5, 5.41) is 16.6. The number of carbonyl (C=O) groups is 5. The van der Waals surface area contributed by atoms with Crippen molar-refractivity contribution in [2.45, 2.75) is 96.9 Å². The van der Waals surface area contributed by atoms with Gasteiger partial charge in [0.05, 0.1) is 22.7 Å². The first-order valence-electron chi connectivity index (χ1n) is 18.0. The number of non-ortho nitro benzene ring substituents is 1. The van der Waals surface area contributed by atoms with Crippen molar-refractivity contribution < 1.29 is 33.6 Å². The number of para-hydroxylation sites is 1. The van der Waals surface area contributed by atoms with Crippen molar-refractivity contribution in [3.05, 3.63) is 99.1 Å². The van der Waals surface area contributed by atoms with Gasteiger partial charge in [0.1, 0.15) is 5.75 Å². The Bertz CT molecular complexity index is 1960. The number of rotatable bonds is 17. The zero-order valence-corrected chi connectivity index (χ0v) is 32.9. The van der Waals surface area contributed by atoms with E-state index in [4.69, 9.17) is 16.3 Å². The number of fused-ring (bicyclic) bond motifs is 1. The first kappa shape index (κ1) is 41.7. The molecule has 1 aliphatic heterocycles. The van der Waals surface area contributed by atoms with Crippen LogP contribution in [0.2, 0.25) is 0 Å². The number of hydrogen-bond acceptors (Lipinski definition) is 8. The Balaban J connectivity index is 1.49. The zero-order chi connectivity index (χ0) is 40.2. The van der Waals surface area contributed by atoms with Crippen LogP contribution < -0.4 is 15.4 Å². The van der Waals surface area contributed by atoms with Crippen LogP contribution in [-0.2, 0) is 25.2 Å². The molecule has 1 atom stereocenters. The molecule has 4 rings (SSSR count). The number of nitro benzene ring substituents is 1. The van der Waals surface area contributed by atoms with E-state index in [0.717, 1.165) is 42.4 Å². The third-order valence-electron chi connectivity index (χ3n) is 10.4. The number of anilines is 1. The lowest BCUT2D eigenvalue weighted by Gasteiger charge is -2.37. The molecule has 2 N–H and O–H groups in total. The van der Waals surface area contributed by atoms with Gasteiger partial charge in [-0.15, -0.1) is 0 Å². The second-order valence-electron chi connectivity index (χ2n) is 15.5. The zero-order valence-electron chi connectivity index (χ0n) is 32.1. The number of hydrogen-bond donors (Lipinski definition) is 2. The quantitative estimate of drug-likeness (QED) is 0.0269. The molecular formula is C41H49ClN4O8. The van der Waals surface area contributed by atoms with Crippen molar-refractivity contribution in [3.63, 3.8) is 0 Å². The number of halogens is 1. The van der Waals surface area contributed by atoms with E-state index in [1.165, 1.54) is 31.5 Å². The molecule has 0 radical (unpaired) electrons. The molecule has 288 valence electrons. The monoisotopic (exact) mass is 760 g/mol. The lowest BCUT2D eigenvalue weighted by atomic mass is 9.76. The van der Waals surface area contributed by atoms with Gasteiger partial charge < -0.3 is 15.4 Å². The summed E-state index contributed by atoms with van der Waals surface area (Å²) in [4.78, 5) is 76.7. The molecule has 54 heavy (non-hydrogen) atoms. The van der Waals surface area contributed by atoms with Gasteiger partial charge >= 0.3 is 0 Å². The second-order valence-corrected chi connectivity index (χ2v) is 16.0. The second kappa shape index (κ2) is 16.1. The maximum absolute atomic E-state index is 14.4. The van der Waals surface area contributed by atoms with Gasteiger partial charge in [-0.25, -0.2) is 4.90 Å². The Labute approximate surface area is 321 Å². The van der Waals surface area contributed by atoms with E-state index in [-0.39, 0.29) is 47.2 Å². The SMILES string of the molecule is CCC(C)(C)c1ccc(OCCCC(=O)NCC(C)(C)C(=O)C(Cl)(C(=O)Nc2ccccc2)N2C(=O)c3ccc([N+](=O)[O-])cc3C2=O)c(C(C)(C)CC)c1. The first-order valence-corrected chi connectivity index (χ1v) is 18.4. The number of ketones is 1. The highest BCUT2D eigenvalue weighted by atomic mass is 35.5. The van der Waals surface area contributed by atoms with Crippen LogP contribution in [0, 0.1) is 15.5 Å². The smallest absolute Gasteiger partial charge is 0.274 e. The first-order chi connectivity index (χ1) is 25.2. The molecular weight excluding hydrogens is 712 g/mol. The van der Waals surface area contributed by atoms with Crippen molar-refractivity contribution in [2.24, 2.45) is 5.41 Å². The molecule has 0 aromatic heterocycles. The minimum atomic E-state index is -2.94. The van der Waals surface area contributed by atoms with Crippen LogP contribution in [0.25, 0.3) is 0 Å². The predicted molar refractivity (Wildman–Crippen MR) is 207 cm³/mol. The average Bonchev–Trinajstić information content (AvgIpc) is 3.40. The van der Waals surface area contributed by atoms with Gasteiger partial charge in [0, 0.05) is 41.8 Å². The predicted octanol–water partition coefficient (Wildman–Crippen LogP) is 7.71. The summed E-state index contributed by atoms with van der Waals surface area (Å²) < 4.78 is 6.20. The molecule has 0 bridgehead atoms. The van der Waals surface area contributed by atoms with Crippen molar-refractivity contribution in [2.75, 3.05) is 18.5 Å². The van der Waals surface area contributed by atoms with Gasteiger partial charge in [0.2, 0.25) is 5.91 Å². The van der Waals surface area contributed by atoms with Gasteiger partial charge in [0.15, 0.2) is 5.78 Å². The summed E-state index contributed by atoms with van der Waals surface area (Å²) in [6, 6.07) is 17.3. The molecule has 0 fully saturated rings. The van der Waals surface area contributed by atoms with Gasteiger partial charge in [-0.05, 0) is 59.9 Å². The molecule has 1 aliphatic rings. The fourth-order valence-corrected chi connectivity index (χ4v) is 6.47. The van der Waals surface area contributed by atoms with Crippen LogP contribution >= 0.6 is 11.6 Å². The van der Waals surface area contributed by atoms with Crippen LogP contribution in [0.5, 0.6) is 5.75 Å². The lowest BCUT2D eigenvalue weighted by Crippen LogP contribution is -2.64. The van der Waals surface area contributed by atoms with Gasteiger partial charge in [0.25, 0.3) is 28.4 Å². The molecule has 3 aromatic carbocycles. The number of ether oxygens (including phenoxy) is 1. The maximum Gasteiger partial charge on any atom is 0.274 e. The summed E-state index contributed by atoms with van der Waals surface area (Å²) >= 11 is 6.90. The van der Waals surface area contributed by atoms with Crippen molar-refractivity contribution >= 4 is 52.4 Å². The van der Waals surface area contributed by atoms with Crippen LogP contribution in [0.3, 0.4) is 0 Å². The van der Waals surface area contributed by atoms with Crippen LogP contribution in [0.1, 0.15) is 113 Å². The Kier molecular flexibility index (Phi) is 12.4. The van der Waals surface area contributed by atoms with E-state index in [1.807, 2.05) is 6.07 Å². The van der Waals surface area contributed by atoms with E-state index in [9.17, 15) is 34.1 Å².